The Morgan fingerprint density at radius 1 is 1.58 bits per heavy atom. The topological polar surface area (TPSA) is 92.9 Å². The first-order chi connectivity index (χ1) is 8.97. The normalized spacial score (nSPS) is 10.2. The molecule has 1 N–H and O–H groups in total. The van der Waals surface area contributed by atoms with Crippen LogP contribution in [0.2, 0.25) is 5.02 Å². The fraction of sp³-hybridized carbons (Fsp3) is 0.364. The number of aliphatic carboxylic acids is 1. The molecule has 7 nitrogen and oxygen atoms in total. The number of halogens is 1. The largest absolute Gasteiger partial charge is 0.480 e. The van der Waals surface area contributed by atoms with Gasteiger partial charge in [0.05, 0.1) is 11.5 Å². The molecule has 0 heterocycles. The van der Waals surface area contributed by atoms with Crippen LogP contribution in [0.5, 0.6) is 0 Å². The van der Waals surface area contributed by atoms with Gasteiger partial charge in [-0.1, -0.05) is 17.7 Å². The molecule has 0 aromatic heterocycles. The Kier molecular flexibility index (Phi) is 5.53. The van der Waals surface area contributed by atoms with E-state index in [-0.39, 0.29) is 36.1 Å². The highest BCUT2D eigenvalue weighted by Crippen LogP contribution is 2.34. The summed E-state index contributed by atoms with van der Waals surface area (Å²) in [6, 6.07) is 4.38. The summed E-state index contributed by atoms with van der Waals surface area (Å²) in [6.45, 7) is 0.0888. The highest BCUT2D eigenvalue weighted by Gasteiger charge is 2.24. The number of hydrogen-bond donors (Lipinski definition) is 1. The molecule has 0 saturated heterocycles. The van der Waals surface area contributed by atoms with E-state index in [9.17, 15) is 14.9 Å². The number of carboxylic acids is 1. The van der Waals surface area contributed by atoms with E-state index in [0.717, 1.165) is 0 Å². The van der Waals surface area contributed by atoms with Crippen LogP contribution in [-0.2, 0) is 9.53 Å². The summed E-state index contributed by atoms with van der Waals surface area (Å²) in [7, 11) is 1.46. The molecule has 0 fully saturated rings. The second-order valence-corrected chi connectivity index (χ2v) is 4.08. The summed E-state index contributed by atoms with van der Waals surface area (Å²) in [5.74, 6) is -1.09. The molecule has 0 unspecified atom stereocenters. The van der Waals surface area contributed by atoms with Gasteiger partial charge in [-0.15, -0.1) is 0 Å². The predicted octanol–water partition coefficient (Wildman–Crippen LogP) is 1.79. The van der Waals surface area contributed by atoms with Crippen LogP contribution in [0.3, 0.4) is 0 Å². The molecule has 0 radical (unpaired) electrons. The van der Waals surface area contributed by atoms with Gasteiger partial charge in [0.15, 0.2) is 0 Å². The van der Waals surface area contributed by atoms with Crippen molar-refractivity contribution in [3.8, 4) is 0 Å². The molecule has 0 saturated carbocycles. The lowest BCUT2D eigenvalue weighted by Gasteiger charge is -2.22. The minimum absolute atomic E-state index is 0.0321. The van der Waals surface area contributed by atoms with Gasteiger partial charge in [-0.2, -0.15) is 0 Å². The predicted molar refractivity (Wildman–Crippen MR) is 69.8 cm³/mol. The molecule has 104 valence electrons. The van der Waals surface area contributed by atoms with Gasteiger partial charge in [-0.05, 0) is 12.1 Å². The van der Waals surface area contributed by atoms with Gasteiger partial charge >= 0.3 is 11.7 Å². The first-order valence-corrected chi connectivity index (χ1v) is 5.73. The maximum Gasteiger partial charge on any atom is 0.323 e. The van der Waals surface area contributed by atoms with Crippen molar-refractivity contribution in [3.63, 3.8) is 0 Å². The number of rotatable bonds is 7. The molecule has 0 bridgehead atoms. The molecule has 1 aromatic carbocycles. The molecule has 0 aliphatic rings. The highest BCUT2D eigenvalue weighted by atomic mass is 35.5. The van der Waals surface area contributed by atoms with Crippen LogP contribution in [0.15, 0.2) is 18.2 Å². The van der Waals surface area contributed by atoms with Crippen molar-refractivity contribution in [2.24, 2.45) is 0 Å². The smallest absolute Gasteiger partial charge is 0.323 e. The number of nitro benzene ring substituents is 1. The number of para-hydroxylation sites is 1. The summed E-state index contributed by atoms with van der Waals surface area (Å²) in [4.78, 5) is 22.6. The van der Waals surface area contributed by atoms with Crippen molar-refractivity contribution in [1.29, 1.82) is 0 Å². The molecule has 0 aliphatic heterocycles. The number of benzene rings is 1. The number of ether oxygens (including phenoxy) is 1. The van der Waals surface area contributed by atoms with Crippen molar-refractivity contribution in [1.82, 2.24) is 0 Å². The van der Waals surface area contributed by atoms with Crippen molar-refractivity contribution < 1.29 is 19.6 Å². The molecule has 8 heteroatoms. The lowest BCUT2D eigenvalue weighted by Crippen LogP contribution is -2.33. The first-order valence-electron chi connectivity index (χ1n) is 5.36. The minimum atomic E-state index is -1.09. The molecule has 0 atom stereocenters. The van der Waals surface area contributed by atoms with Gasteiger partial charge in [0.1, 0.15) is 17.3 Å². The van der Waals surface area contributed by atoms with Crippen molar-refractivity contribution >= 4 is 28.9 Å². The quantitative estimate of drug-likeness (QED) is 0.607. The zero-order valence-electron chi connectivity index (χ0n) is 10.2. The average Bonchev–Trinajstić information content (AvgIpc) is 2.33. The van der Waals surface area contributed by atoms with E-state index in [2.05, 4.69) is 0 Å². The fourth-order valence-electron chi connectivity index (χ4n) is 1.59. The Labute approximate surface area is 114 Å². The summed E-state index contributed by atoms with van der Waals surface area (Å²) in [6.07, 6.45) is 0. The van der Waals surface area contributed by atoms with Gasteiger partial charge in [-0.3, -0.25) is 14.9 Å². The lowest BCUT2D eigenvalue weighted by atomic mass is 10.2. The number of methoxy groups -OCH3 is 1. The Bertz CT molecular complexity index is 480. The second kappa shape index (κ2) is 6.91. The first kappa shape index (κ1) is 15.2. The number of carbonyl (C=O) groups is 1. The number of nitro groups is 1. The van der Waals surface area contributed by atoms with E-state index in [1.807, 2.05) is 0 Å². The van der Waals surface area contributed by atoms with Crippen LogP contribution >= 0.6 is 11.6 Å². The number of anilines is 1. The number of nitrogens with zero attached hydrogens (tertiary/aromatic N) is 2. The highest BCUT2D eigenvalue weighted by molar-refractivity contribution is 6.33. The van der Waals surface area contributed by atoms with Crippen LogP contribution in [0, 0.1) is 10.1 Å². The molecule has 0 aliphatic carbocycles. The molecule has 0 spiro atoms. The Hall–Kier alpha value is -1.86. The van der Waals surface area contributed by atoms with Gasteiger partial charge < -0.3 is 14.7 Å². The molecule has 1 rings (SSSR count). The zero-order valence-corrected chi connectivity index (χ0v) is 11.0. The molecule has 0 amide bonds. The third-order valence-electron chi connectivity index (χ3n) is 2.38. The van der Waals surface area contributed by atoms with Crippen LogP contribution in [0.1, 0.15) is 0 Å². The van der Waals surface area contributed by atoms with E-state index >= 15 is 0 Å². The summed E-state index contributed by atoms with van der Waals surface area (Å²) >= 11 is 5.79. The standard InChI is InChI=1S/C11H13ClN2O5/c1-19-6-5-13(7-10(15)16)9-4-2-3-8(12)11(9)14(17)18/h2-4H,5-7H2,1H3,(H,15,16). The third-order valence-corrected chi connectivity index (χ3v) is 2.69. The number of hydrogen-bond acceptors (Lipinski definition) is 5. The Morgan fingerprint density at radius 3 is 2.79 bits per heavy atom. The van der Waals surface area contributed by atoms with Crippen LogP contribution in [-0.4, -0.2) is 42.8 Å². The fourth-order valence-corrected chi connectivity index (χ4v) is 1.83. The van der Waals surface area contributed by atoms with Crippen LogP contribution in [0.4, 0.5) is 11.4 Å². The number of carboxylic acid groups (broad SMARTS) is 1. The summed E-state index contributed by atoms with van der Waals surface area (Å²) in [5, 5.41) is 19.8. The molecule has 1 aromatic rings. The third kappa shape index (κ3) is 4.08. The second-order valence-electron chi connectivity index (χ2n) is 3.67. The SMILES string of the molecule is COCCN(CC(=O)O)c1cccc(Cl)c1[N+](=O)[O-]. The average molecular weight is 289 g/mol. The van der Waals surface area contributed by atoms with E-state index in [1.54, 1.807) is 0 Å². The maximum absolute atomic E-state index is 11.0. The van der Waals surface area contributed by atoms with Crippen molar-refractivity contribution in [2.75, 3.05) is 31.7 Å². The molecular weight excluding hydrogens is 276 g/mol. The maximum atomic E-state index is 11.0. The van der Waals surface area contributed by atoms with E-state index in [4.69, 9.17) is 21.4 Å². The van der Waals surface area contributed by atoms with Crippen molar-refractivity contribution in [3.05, 3.63) is 33.3 Å². The van der Waals surface area contributed by atoms with Gasteiger partial charge in [-0.25, -0.2) is 0 Å². The van der Waals surface area contributed by atoms with Crippen molar-refractivity contribution in [2.45, 2.75) is 0 Å². The van der Waals surface area contributed by atoms with Crippen LogP contribution in [0.25, 0.3) is 0 Å². The van der Waals surface area contributed by atoms with Gasteiger partial charge in [0.2, 0.25) is 0 Å². The zero-order chi connectivity index (χ0) is 14.4. The van der Waals surface area contributed by atoms with E-state index < -0.39 is 10.9 Å². The minimum Gasteiger partial charge on any atom is -0.480 e. The van der Waals surface area contributed by atoms with E-state index in [1.165, 1.54) is 30.2 Å². The Balaban J connectivity index is 3.16. The monoisotopic (exact) mass is 288 g/mol. The lowest BCUT2D eigenvalue weighted by molar-refractivity contribution is -0.384. The molecule has 19 heavy (non-hydrogen) atoms. The van der Waals surface area contributed by atoms with E-state index in [0.29, 0.717) is 0 Å². The summed E-state index contributed by atoms with van der Waals surface area (Å²) < 4.78 is 4.87. The summed E-state index contributed by atoms with van der Waals surface area (Å²) in [5.41, 5.74) is -0.140. The van der Waals surface area contributed by atoms with Gasteiger partial charge in [0.25, 0.3) is 0 Å². The molecular formula is C11H13ClN2O5. The van der Waals surface area contributed by atoms with Gasteiger partial charge in [0, 0.05) is 13.7 Å². The Morgan fingerprint density at radius 2 is 2.26 bits per heavy atom. The van der Waals surface area contributed by atoms with Crippen LogP contribution < -0.4 is 4.90 Å².